The van der Waals surface area contributed by atoms with Gasteiger partial charge in [-0.2, -0.15) is 0 Å². The Kier molecular flexibility index (Phi) is 7.91. The summed E-state index contributed by atoms with van der Waals surface area (Å²) in [5.74, 6) is 0. The normalized spacial score (nSPS) is 23.0. The molecular weight excluding hydrogens is 442 g/mol. The molecule has 2 heterocycles. The Morgan fingerprint density at radius 1 is 1.09 bits per heavy atom. The third-order valence-electron chi connectivity index (χ3n) is 7.42. The van der Waals surface area contributed by atoms with Crippen molar-refractivity contribution in [3.63, 3.8) is 0 Å². The van der Waals surface area contributed by atoms with Crippen LogP contribution in [0.1, 0.15) is 59.8 Å². The summed E-state index contributed by atoms with van der Waals surface area (Å²) in [6.45, 7) is 22.5. The molecule has 3 atom stereocenters. The lowest BCUT2D eigenvalue weighted by molar-refractivity contribution is -0.0413. The zero-order valence-electron chi connectivity index (χ0n) is 21.5. The topological polar surface area (TPSA) is 109 Å². The van der Waals surface area contributed by atoms with Crippen LogP contribution in [0.25, 0.3) is 0 Å². The standard InChI is InChI=1S/C22H43N3O5Si2/c1-21(2,3)31(7,8)28-14-17-16(30-32(9,10)22(4,5)6)11-18(29-17)25-13-15(12-23)19(26)24-20(25)27/h13,16-18H,11-12,14,23H2,1-10H3,(H,24,26,27)/t16?,17-,18-/m1/s1. The zero-order valence-corrected chi connectivity index (χ0v) is 23.5. The molecule has 2 rings (SSSR count). The van der Waals surface area contributed by atoms with Gasteiger partial charge in [-0.25, -0.2) is 4.79 Å². The summed E-state index contributed by atoms with van der Waals surface area (Å²) in [5.41, 5.74) is 5.06. The van der Waals surface area contributed by atoms with Crippen molar-refractivity contribution >= 4 is 16.6 Å². The van der Waals surface area contributed by atoms with E-state index in [-0.39, 0.29) is 28.8 Å². The molecule has 1 fully saturated rings. The molecule has 0 spiro atoms. The van der Waals surface area contributed by atoms with Crippen molar-refractivity contribution < 1.29 is 13.6 Å². The second-order valence-corrected chi connectivity index (χ2v) is 21.4. The average Bonchev–Trinajstić information content (AvgIpc) is 3.00. The number of rotatable bonds is 7. The van der Waals surface area contributed by atoms with Crippen LogP contribution < -0.4 is 17.0 Å². The molecule has 184 valence electrons. The van der Waals surface area contributed by atoms with Crippen molar-refractivity contribution in [2.45, 2.75) is 109 Å². The Hall–Kier alpha value is -1.05. The Balaban J connectivity index is 2.35. The average molecular weight is 486 g/mol. The molecule has 1 aliphatic rings. The van der Waals surface area contributed by atoms with Gasteiger partial charge in [0.2, 0.25) is 0 Å². The van der Waals surface area contributed by atoms with Crippen molar-refractivity contribution in [1.82, 2.24) is 9.55 Å². The van der Waals surface area contributed by atoms with Gasteiger partial charge in [-0.3, -0.25) is 14.3 Å². The number of ether oxygens (including phenoxy) is 1. The second-order valence-electron chi connectivity index (χ2n) is 11.9. The van der Waals surface area contributed by atoms with E-state index in [2.05, 4.69) is 72.7 Å². The van der Waals surface area contributed by atoms with Gasteiger partial charge in [0.1, 0.15) is 12.3 Å². The Labute approximate surface area is 194 Å². The summed E-state index contributed by atoms with van der Waals surface area (Å²) in [6.07, 6.45) is 0.960. The number of nitrogens with two attached hydrogens (primary N) is 1. The smallest absolute Gasteiger partial charge is 0.330 e. The monoisotopic (exact) mass is 485 g/mol. The van der Waals surface area contributed by atoms with Gasteiger partial charge in [0.05, 0.1) is 12.7 Å². The van der Waals surface area contributed by atoms with Crippen LogP contribution in [0, 0.1) is 0 Å². The van der Waals surface area contributed by atoms with Crippen molar-refractivity contribution in [2.75, 3.05) is 6.61 Å². The molecule has 1 aromatic heterocycles. The molecule has 1 saturated heterocycles. The van der Waals surface area contributed by atoms with E-state index in [0.717, 1.165) is 0 Å². The van der Waals surface area contributed by atoms with E-state index in [9.17, 15) is 9.59 Å². The highest BCUT2D eigenvalue weighted by Crippen LogP contribution is 2.42. The van der Waals surface area contributed by atoms with E-state index in [0.29, 0.717) is 18.6 Å². The van der Waals surface area contributed by atoms with Crippen LogP contribution in [0.15, 0.2) is 15.8 Å². The first-order chi connectivity index (χ1) is 14.4. The van der Waals surface area contributed by atoms with Crippen LogP contribution in [0.3, 0.4) is 0 Å². The first-order valence-corrected chi connectivity index (χ1v) is 17.2. The molecule has 1 aliphatic heterocycles. The largest absolute Gasteiger partial charge is 0.414 e. The number of nitrogens with zero attached hydrogens (tertiary/aromatic N) is 1. The fourth-order valence-corrected chi connectivity index (χ4v) is 5.47. The van der Waals surface area contributed by atoms with Crippen LogP contribution >= 0.6 is 0 Å². The van der Waals surface area contributed by atoms with Crippen LogP contribution in [0.2, 0.25) is 36.3 Å². The lowest BCUT2D eigenvalue weighted by Gasteiger charge is -2.40. The lowest BCUT2D eigenvalue weighted by atomic mass is 10.2. The molecule has 10 heteroatoms. The summed E-state index contributed by atoms with van der Waals surface area (Å²) in [6, 6.07) is 0. The number of nitrogens with one attached hydrogen (secondary N) is 1. The minimum absolute atomic E-state index is 0.0392. The molecule has 32 heavy (non-hydrogen) atoms. The minimum Gasteiger partial charge on any atom is -0.414 e. The maximum atomic E-state index is 12.5. The van der Waals surface area contributed by atoms with Crippen LogP contribution in [0.5, 0.6) is 0 Å². The first-order valence-electron chi connectivity index (χ1n) is 11.4. The summed E-state index contributed by atoms with van der Waals surface area (Å²) in [5, 5.41) is 0.115. The SMILES string of the molecule is CC(C)(C)[Si](C)(C)OC[C@H]1O[C@@H](n2cc(CN)c(=O)[nH]c2=O)CC1O[Si](C)(C)C(C)(C)C. The van der Waals surface area contributed by atoms with Gasteiger partial charge < -0.3 is 19.3 Å². The molecule has 0 bridgehead atoms. The van der Waals surface area contributed by atoms with E-state index in [1.165, 1.54) is 10.8 Å². The summed E-state index contributed by atoms with van der Waals surface area (Å²) in [7, 11) is -4.07. The molecule has 1 aromatic rings. The Bertz CT molecular complexity index is 912. The van der Waals surface area contributed by atoms with Gasteiger partial charge >= 0.3 is 5.69 Å². The highest BCUT2D eigenvalue weighted by molar-refractivity contribution is 6.74. The fourth-order valence-electron chi connectivity index (χ4n) is 3.09. The van der Waals surface area contributed by atoms with E-state index in [1.807, 2.05) is 0 Å². The number of hydrogen-bond acceptors (Lipinski definition) is 6. The van der Waals surface area contributed by atoms with Crippen LogP contribution in [0.4, 0.5) is 0 Å². The van der Waals surface area contributed by atoms with Gasteiger partial charge in [0.15, 0.2) is 16.6 Å². The minimum atomic E-state index is -2.08. The summed E-state index contributed by atoms with van der Waals surface area (Å²) < 4.78 is 21.0. The summed E-state index contributed by atoms with van der Waals surface area (Å²) in [4.78, 5) is 26.8. The maximum absolute atomic E-state index is 12.5. The van der Waals surface area contributed by atoms with E-state index < -0.39 is 34.1 Å². The highest BCUT2D eigenvalue weighted by Gasteiger charge is 2.46. The van der Waals surface area contributed by atoms with E-state index >= 15 is 0 Å². The number of H-pyrrole nitrogens is 1. The van der Waals surface area contributed by atoms with Gasteiger partial charge in [-0.1, -0.05) is 41.5 Å². The molecule has 0 amide bonds. The van der Waals surface area contributed by atoms with Gasteiger partial charge in [-0.05, 0) is 36.3 Å². The molecule has 0 aliphatic carbocycles. The van der Waals surface area contributed by atoms with Gasteiger partial charge in [0, 0.05) is 24.7 Å². The predicted molar refractivity (Wildman–Crippen MR) is 133 cm³/mol. The number of aromatic amines is 1. The third-order valence-corrected chi connectivity index (χ3v) is 16.4. The molecule has 0 aromatic carbocycles. The lowest BCUT2D eigenvalue weighted by Crippen LogP contribution is -2.48. The molecule has 3 N–H and O–H groups in total. The molecular formula is C22H43N3O5Si2. The van der Waals surface area contributed by atoms with Crippen molar-refractivity contribution in [3.05, 3.63) is 32.6 Å². The van der Waals surface area contributed by atoms with Crippen molar-refractivity contribution in [2.24, 2.45) is 5.73 Å². The van der Waals surface area contributed by atoms with Crippen molar-refractivity contribution in [3.8, 4) is 0 Å². The van der Waals surface area contributed by atoms with Gasteiger partial charge in [0.25, 0.3) is 5.56 Å². The number of aromatic nitrogens is 2. The first kappa shape index (κ1) is 27.2. The second kappa shape index (κ2) is 9.30. The van der Waals surface area contributed by atoms with E-state index in [4.69, 9.17) is 19.3 Å². The summed E-state index contributed by atoms with van der Waals surface area (Å²) >= 11 is 0. The van der Waals surface area contributed by atoms with Crippen LogP contribution in [-0.4, -0.2) is 45.0 Å². The third kappa shape index (κ3) is 5.89. The highest BCUT2D eigenvalue weighted by atomic mass is 28.4. The maximum Gasteiger partial charge on any atom is 0.330 e. The molecule has 0 saturated carbocycles. The Morgan fingerprint density at radius 3 is 2.16 bits per heavy atom. The van der Waals surface area contributed by atoms with Crippen LogP contribution in [-0.2, 0) is 20.1 Å². The Morgan fingerprint density at radius 2 is 1.66 bits per heavy atom. The van der Waals surface area contributed by atoms with Gasteiger partial charge in [-0.15, -0.1) is 0 Å². The zero-order chi connectivity index (χ0) is 24.7. The van der Waals surface area contributed by atoms with Crippen molar-refractivity contribution in [1.29, 1.82) is 0 Å². The predicted octanol–water partition coefficient (Wildman–Crippen LogP) is 3.70. The fraction of sp³-hybridized carbons (Fsp3) is 0.818. The molecule has 8 nitrogen and oxygen atoms in total. The molecule has 0 radical (unpaired) electrons. The van der Waals surface area contributed by atoms with E-state index in [1.54, 1.807) is 0 Å². The number of hydrogen-bond donors (Lipinski definition) is 2. The quantitative estimate of drug-likeness (QED) is 0.570. The molecule has 1 unspecified atom stereocenters.